The molecule has 0 aromatic carbocycles. The summed E-state index contributed by atoms with van der Waals surface area (Å²) >= 11 is 0. The summed E-state index contributed by atoms with van der Waals surface area (Å²) < 4.78 is 0. The number of hydrogen-bond acceptors (Lipinski definition) is 4. The minimum atomic E-state index is 0.395. The molecule has 60 valence electrons. The third-order valence-corrected chi connectivity index (χ3v) is 0.938. The minimum absolute atomic E-state index is 0.395. The van der Waals surface area contributed by atoms with Crippen LogP contribution in [-0.2, 0) is 0 Å². The summed E-state index contributed by atoms with van der Waals surface area (Å²) in [5.74, 6) is 0.438. The Morgan fingerprint density at radius 3 is 2.91 bits per heavy atom. The fourth-order valence-electron chi connectivity index (χ4n) is 0.547. The molecule has 0 saturated heterocycles. The van der Waals surface area contributed by atoms with Crippen molar-refractivity contribution in [2.24, 2.45) is 5.73 Å². The summed E-state index contributed by atoms with van der Waals surface area (Å²) in [4.78, 5) is 0. The largest absolute Gasteiger partial charge is 0.385 e. The quantitative estimate of drug-likeness (QED) is 0.401. The predicted molar refractivity (Wildman–Crippen MR) is 43.9 cm³/mol. The molecule has 0 aliphatic carbocycles. The Labute approximate surface area is 66.2 Å². The van der Waals surface area contributed by atoms with Gasteiger partial charge in [0.15, 0.2) is 0 Å². The van der Waals surface area contributed by atoms with Crippen molar-refractivity contribution in [2.45, 2.75) is 13.3 Å². The molecule has 0 amide bonds. The number of nitrogens with one attached hydrogen (secondary N) is 2. The summed E-state index contributed by atoms with van der Waals surface area (Å²) in [6.45, 7) is 2.17. The van der Waals surface area contributed by atoms with Gasteiger partial charge >= 0.3 is 0 Å². The SMILES string of the molecule is CC(=N)/C=C(/N)NCCC#N. The fraction of sp³-hybridized carbons (Fsp3) is 0.429. The smallest absolute Gasteiger partial charge is 0.0978 e. The first-order valence-corrected chi connectivity index (χ1v) is 3.30. The molecule has 0 rings (SSSR count). The van der Waals surface area contributed by atoms with Crippen LogP contribution in [0.2, 0.25) is 0 Å². The second-order valence-corrected chi connectivity index (χ2v) is 2.12. The zero-order valence-electron chi connectivity index (χ0n) is 6.52. The Bertz CT molecular complexity index is 199. The highest BCUT2D eigenvalue weighted by atomic mass is 15.0. The monoisotopic (exact) mass is 152 g/mol. The molecule has 4 nitrogen and oxygen atoms in total. The molecule has 0 radical (unpaired) electrons. The van der Waals surface area contributed by atoms with E-state index in [0.29, 0.717) is 24.5 Å². The lowest BCUT2D eigenvalue weighted by Gasteiger charge is -2.01. The topological polar surface area (TPSA) is 85.7 Å². The average molecular weight is 152 g/mol. The van der Waals surface area contributed by atoms with Crippen LogP contribution in [-0.4, -0.2) is 12.3 Å². The predicted octanol–water partition coefficient (Wildman–Crippen LogP) is 0.329. The van der Waals surface area contributed by atoms with Crippen molar-refractivity contribution in [3.63, 3.8) is 0 Å². The molecule has 0 atom stereocenters. The van der Waals surface area contributed by atoms with E-state index in [1.165, 1.54) is 6.08 Å². The zero-order valence-corrected chi connectivity index (χ0v) is 6.52. The highest BCUT2D eigenvalue weighted by molar-refractivity contribution is 5.90. The lowest BCUT2D eigenvalue weighted by atomic mass is 10.4. The highest BCUT2D eigenvalue weighted by Crippen LogP contribution is 1.80. The van der Waals surface area contributed by atoms with E-state index in [-0.39, 0.29) is 0 Å². The van der Waals surface area contributed by atoms with Gasteiger partial charge in [-0.1, -0.05) is 0 Å². The second-order valence-electron chi connectivity index (χ2n) is 2.12. The van der Waals surface area contributed by atoms with Crippen LogP contribution >= 0.6 is 0 Å². The van der Waals surface area contributed by atoms with Crippen molar-refractivity contribution in [2.75, 3.05) is 6.54 Å². The maximum absolute atomic E-state index is 8.17. The van der Waals surface area contributed by atoms with Crippen LogP contribution in [0.15, 0.2) is 11.9 Å². The van der Waals surface area contributed by atoms with Gasteiger partial charge in [0.05, 0.1) is 18.3 Å². The van der Waals surface area contributed by atoms with Gasteiger partial charge in [0.2, 0.25) is 0 Å². The molecule has 0 saturated carbocycles. The van der Waals surface area contributed by atoms with E-state index >= 15 is 0 Å². The van der Waals surface area contributed by atoms with Gasteiger partial charge < -0.3 is 16.5 Å². The van der Waals surface area contributed by atoms with E-state index in [9.17, 15) is 0 Å². The van der Waals surface area contributed by atoms with E-state index in [1.807, 2.05) is 6.07 Å². The number of hydrogen-bond donors (Lipinski definition) is 3. The number of rotatable bonds is 4. The van der Waals surface area contributed by atoms with Crippen LogP contribution in [0.25, 0.3) is 0 Å². The van der Waals surface area contributed by atoms with Gasteiger partial charge in [-0.3, -0.25) is 0 Å². The van der Waals surface area contributed by atoms with E-state index in [1.54, 1.807) is 6.92 Å². The van der Waals surface area contributed by atoms with Crippen molar-refractivity contribution in [1.29, 1.82) is 10.7 Å². The molecule has 0 aliphatic heterocycles. The molecule has 0 unspecified atom stereocenters. The Morgan fingerprint density at radius 2 is 2.45 bits per heavy atom. The summed E-state index contributed by atoms with van der Waals surface area (Å²) in [5, 5.41) is 18.0. The first-order valence-electron chi connectivity index (χ1n) is 3.30. The standard InChI is InChI=1S/C7H12N4/c1-6(9)5-7(10)11-4-2-3-8/h5,9,11H,2,4,10H2,1H3/b7-5-,9-6?. The van der Waals surface area contributed by atoms with E-state index in [4.69, 9.17) is 16.4 Å². The molecule has 0 spiro atoms. The molecule has 4 heteroatoms. The third-order valence-electron chi connectivity index (χ3n) is 0.938. The molecular formula is C7H12N4. The van der Waals surface area contributed by atoms with Gasteiger partial charge in [0, 0.05) is 12.3 Å². The van der Waals surface area contributed by atoms with Crippen molar-refractivity contribution in [1.82, 2.24) is 5.32 Å². The van der Waals surface area contributed by atoms with Gasteiger partial charge in [0.1, 0.15) is 0 Å². The molecule has 11 heavy (non-hydrogen) atoms. The Balaban J connectivity index is 3.61. The van der Waals surface area contributed by atoms with Crippen LogP contribution in [0, 0.1) is 16.7 Å². The van der Waals surface area contributed by atoms with Crippen LogP contribution in [0.3, 0.4) is 0 Å². The number of nitriles is 1. The summed E-state index contributed by atoms with van der Waals surface area (Å²) in [7, 11) is 0. The molecule has 0 aromatic heterocycles. The molecule has 0 aliphatic rings. The molecule has 0 fully saturated rings. The summed E-state index contributed by atoms with van der Waals surface area (Å²) in [6.07, 6.45) is 1.93. The zero-order chi connectivity index (χ0) is 8.69. The van der Waals surface area contributed by atoms with E-state index in [2.05, 4.69) is 5.32 Å². The number of nitrogens with two attached hydrogens (primary N) is 1. The average Bonchev–Trinajstić information content (AvgIpc) is 1.86. The van der Waals surface area contributed by atoms with E-state index in [0.717, 1.165) is 0 Å². The molecular weight excluding hydrogens is 140 g/mol. The Morgan fingerprint density at radius 1 is 1.82 bits per heavy atom. The lowest BCUT2D eigenvalue weighted by Crippen LogP contribution is -2.21. The Kier molecular flexibility index (Phi) is 4.58. The fourth-order valence-corrected chi connectivity index (χ4v) is 0.547. The van der Waals surface area contributed by atoms with Gasteiger partial charge in [-0.15, -0.1) is 0 Å². The minimum Gasteiger partial charge on any atom is -0.385 e. The number of allylic oxidation sites excluding steroid dienone is 1. The Hall–Kier alpha value is -1.50. The lowest BCUT2D eigenvalue weighted by molar-refractivity contribution is 0.798. The summed E-state index contributed by atoms with van der Waals surface area (Å²) in [6, 6.07) is 1.98. The first-order chi connectivity index (χ1) is 5.16. The summed E-state index contributed by atoms with van der Waals surface area (Å²) in [5.41, 5.74) is 5.81. The molecule has 0 bridgehead atoms. The second kappa shape index (κ2) is 5.30. The van der Waals surface area contributed by atoms with Crippen LogP contribution in [0.5, 0.6) is 0 Å². The normalized spacial score (nSPS) is 10.4. The first kappa shape index (κ1) is 9.50. The third kappa shape index (κ3) is 6.38. The molecule has 0 heterocycles. The highest BCUT2D eigenvalue weighted by Gasteiger charge is 1.88. The van der Waals surface area contributed by atoms with Gasteiger partial charge in [-0.2, -0.15) is 5.26 Å². The molecule has 0 aromatic rings. The van der Waals surface area contributed by atoms with Crippen LogP contribution in [0.4, 0.5) is 0 Å². The van der Waals surface area contributed by atoms with Crippen molar-refractivity contribution >= 4 is 5.71 Å². The maximum atomic E-state index is 8.17. The van der Waals surface area contributed by atoms with Crippen LogP contribution in [0.1, 0.15) is 13.3 Å². The van der Waals surface area contributed by atoms with Gasteiger partial charge in [-0.05, 0) is 13.0 Å². The van der Waals surface area contributed by atoms with Gasteiger partial charge in [-0.25, -0.2) is 0 Å². The van der Waals surface area contributed by atoms with Crippen molar-refractivity contribution in [3.8, 4) is 6.07 Å². The molecule has 4 N–H and O–H groups in total. The van der Waals surface area contributed by atoms with Crippen molar-refractivity contribution < 1.29 is 0 Å². The van der Waals surface area contributed by atoms with Crippen LogP contribution < -0.4 is 11.1 Å². The van der Waals surface area contributed by atoms with E-state index < -0.39 is 0 Å². The van der Waals surface area contributed by atoms with Gasteiger partial charge in [0.25, 0.3) is 0 Å². The number of nitrogens with zero attached hydrogens (tertiary/aromatic N) is 1. The van der Waals surface area contributed by atoms with Crippen molar-refractivity contribution in [3.05, 3.63) is 11.9 Å². The maximum Gasteiger partial charge on any atom is 0.0978 e.